The number of esters is 1. The van der Waals surface area contributed by atoms with Gasteiger partial charge in [-0.15, -0.1) is 0 Å². The fraction of sp³-hybridized carbons (Fsp3) is 0.120. The molecule has 0 aromatic heterocycles. The first kappa shape index (κ1) is 20.9. The number of amides is 1. The Labute approximate surface area is 176 Å². The van der Waals surface area contributed by atoms with E-state index in [0.717, 1.165) is 22.6 Å². The highest BCUT2D eigenvalue weighted by molar-refractivity contribution is 6.04. The Kier molecular flexibility index (Phi) is 7.00. The van der Waals surface area contributed by atoms with E-state index in [-0.39, 0.29) is 5.91 Å². The van der Waals surface area contributed by atoms with Crippen molar-refractivity contribution in [2.45, 2.75) is 13.8 Å². The number of carbonyl (C=O) groups is 2. The Morgan fingerprint density at radius 2 is 1.50 bits per heavy atom. The third-order valence-corrected chi connectivity index (χ3v) is 4.25. The lowest BCUT2D eigenvalue weighted by molar-refractivity contribution is -0.128. The zero-order chi connectivity index (χ0) is 21.3. The van der Waals surface area contributed by atoms with Gasteiger partial charge < -0.3 is 14.8 Å². The molecule has 0 spiro atoms. The number of nitrogens with one attached hydrogen (secondary N) is 1. The lowest BCUT2D eigenvalue weighted by Gasteiger charge is -2.07. The third-order valence-electron chi connectivity index (χ3n) is 4.25. The van der Waals surface area contributed by atoms with E-state index in [4.69, 9.17) is 9.47 Å². The second-order valence-corrected chi connectivity index (χ2v) is 6.60. The van der Waals surface area contributed by atoms with Crippen molar-refractivity contribution in [1.29, 1.82) is 0 Å². The van der Waals surface area contributed by atoms with Gasteiger partial charge in [0.05, 0.1) is 6.61 Å². The average molecular weight is 401 g/mol. The van der Waals surface area contributed by atoms with Gasteiger partial charge in [0.2, 0.25) is 0 Å². The first-order valence-corrected chi connectivity index (χ1v) is 9.64. The number of hydrogen-bond acceptors (Lipinski definition) is 4. The summed E-state index contributed by atoms with van der Waals surface area (Å²) in [5.74, 6) is 0.417. The standard InChI is InChI=1S/C25H23NO4/c1-3-29-22-13-6-19(7-14-22)8-17-24(27)30-23-15-9-20(10-16-23)25(28)26-21-11-4-18(2)5-12-21/h4-17H,3H2,1-2H3,(H,26,28)/b17-8+. The summed E-state index contributed by atoms with van der Waals surface area (Å²) >= 11 is 0. The minimum Gasteiger partial charge on any atom is -0.494 e. The quantitative estimate of drug-likeness (QED) is 0.333. The van der Waals surface area contributed by atoms with Crippen molar-refractivity contribution in [2.75, 3.05) is 11.9 Å². The van der Waals surface area contributed by atoms with E-state index in [2.05, 4.69) is 5.32 Å². The molecule has 3 aromatic carbocycles. The molecule has 0 bridgehead atoms. The maximum atomic E-state index is 12.3. The van der Waals surface area contributed by atoms with Gasteiger partial charge in [0.1, 0.15) is 11.5 Å². The fourth-order valence-electron chi connectivity index (χ4n) is 2.67. The van der Waals surface area contributed by atoms with Crippen molar-refractivity contribution in [3.63, 3.8) is 0 Å². The Balaban J connectivity index is 1.54. The predicted octanol–water partition coefficient (Wildman–Crippen LogP) is 5.26. The third kappa shape index (κ3) is 6.07. The molecule has 152 valence electrons. The lowest BCUT2D eigenvalue weighted by atomic mass is 10.2. The van der Waals surface area contributed by atoms with Crippen molar-refractivity contribution < 1.29 is 19.1 Å². The summed E-state index contributed by atoms with van der Waals surface area (Å²) in [6, 6.07) is 21.4. The van der Waals surface area contributed by atoms with Crippen LogP contribution in [0.4, 0.5) is 5.69 Å². The van der Waals surface area contributed by atoms with Crippen molar-refractivity contribution in [1.82, 2.24) is 0 Å². The van der Waals surface area contributed by atoms with Crippen LogP contribution in [0.3, 0.4) is 0 Å². The summed E-state index contributed by atoms with van der Waals surface area (Å²) in [4.78, 5) is 24.3. The Morgan fingerprint density at radius 1 is 0.867 bits per heavy atom. The normalized spacial score (nSPS) is 10.6. The highest BCUT2D eigenvalue weighted by atomic mass is 16.5. The molecule has 0 aliphatic heterocycles. The molecule has 0 aliphatic rings. The van der Waals surface area contributed by atoms with Gasteiger partial charge in [-0.2, -0.15) is 0 Å². The van der Waals surface area contributed by atoms with Crippen LogP contribution >= 0.6 is 0 Å². The van der Waals surface area contributed by atoms with Gasteiger partial charge in [-0.05, 0) is 74.0 Å². The van der Waals surface area contributed by atoms with Crippen LogP contribution in [0.2, 0.25) is 0 Å². The molecule has 0 saturated carbocycles. The molecule has 5 nitrogen and oxygen atoms in total. The molecule has 30 heavy (non-hydrogen) atoms. The summed E-state index contributed by atoms with van der Waals surface area (Å²) in [6.45, 7) is 4.51. The molecule has 1 amide bonds. The van der Waals surface area contributed by atoms with Crippen LogP contribution in [-0.2, 0) is 4.79 Å². The SMILES string of the molecule is CCOc1ccc(/C=C/C(=O)Oc2ccc(C(=O)Nc3ccc(C)cc3)cc2)cc1. The van der Waals surface area contributed by atoms with Crippen LogP contribution in [0.5, 0.6) is 11.5 Å². The topological polar surface area (TPSA) is 64.6 Å². The summed E-state index contributed by atoms with van der Waals surface area (Å²) in [6.07, 6.45) is 3.02. The molecule has 5 heteroatoms. The summed E-state index contributed by atoms with van der Waals surface area (Å²) in [5, 5.41) is 2.83. The van der Waals surface area contributed by atoms with Crippen LogP contribution in [-0.4, -0.2) is 18.5 Å². The zero-order valence-electron chi connectivity index (χ0n) is 16.9. The minimum absolute atomic E-state index is 0.230. The highest BCUT2D eigenvalue weighted by Crippen LogP contribution is 2.16. The maximum Gasteiger partial charge on any atom is 0.336 e. The lowest BCUT2D eigenvalue weighted by Crippen LogP contribution is -2.12. The van der Waals surface area contributed by atoms with Crippen LogP contribution in [0.15, 0.2) is 78.9 Å². The minimum atomic E-state index is -0.499. The molecule has 0 saturated heterocycles. The van der Waals surface area contributed by atoms with E-state index in [1.54, 1.807) is 30.3 Å². The number of anilines is 1. The Morgan fingerprint density at radius 3 is 2.13 bits per heavy atom. The van der Waals surface area contributed by atoms with Crippen LogP contribution in [0.1, 0.15) is 28.4 Å². The molecule has 3 aromatic rings. The molecule has 1 N–H and O–H groups in total. The van der Waals surface area contributed by atoms with Gasteiger partial charge >= 0.3 is 5.97 Å². The molecule has 0 atom stereocenters. The number of ether oxygens (including phenoxy) is 2. The van der Waals surface area contributed by atoms with Crippen LogP contribution in [0.25, 0.3) is 6.08 Å². The second kappa shape index (κ2) is 10.1. The number of benzene rings is 3. The monoisotopic (exact) mass is 401 g/mol. The van der Waals surface area contributed by atoms with Gasteiger partial charge in [-0.25, -0.2) is 4.79 Å². The molecule has 0 aliphatic carbocycles. The zero-order valence-corrected chi connectivity index (χ0v) is 16.9. The summed E-state index contributed by atoms with van der Waals surface area (Å²) < 4.78 is 10.7. The van der Waals surface area contributed by atoms with E-state index >= 15 is 0 Å². The van der Waals surface area contributed by atoms with Crippen molar-refractivity contribution >= 4 is 23.6 Å². The van der Waals surface area contributed by atoms with E-state index in [1.807, 2.05) is 62.4 Å². The van der Waals surface area contributed by atoms with E-state index < -0.39 is 5.97 Å². The number of aryl methyl sites for hydroxylation is 1. The van der Waals surface area contributed by atoms with E-state index in [9.17, 15) is 9.59 Å². The molecule has 0 fully saturated rings. The van der Waals surface area contributed by atoms with Crippen molar-refractivity contribution in [3.8, 4) is 11.5 Å². The maximum absolute atomic E-state index is 12.3. The van der Waals surface area contributed by atoms with Crippen molar-refractivity contribution in [2.24, 2.45) is 0 Å². The number of carbonyl (C=O) groups excluding carboxylic acids is 2. The first-order valence-electron chi connectivity index (χ1n) is 9.64. The van der Waals surface area contributed by atoms with Crippen LogP contribution < -0.4 is 14.8 Å². The second-order valence-electron chi connectivity index (χ2n) is 6.60. The molecular weight excluding hydrogens is 378 g/mol. The molecular formula is C25H23NO4. The summed E-state index contributed by atoms with van der Waals surface area (Å²) in [7, 11) is 0. The van der Waals surface area contributed by atoms with Gasteiger partial charge in [-0.3, -0.25) is 4.79 Å². The molecule has 3 rings (SSSR count). The van der Waals surface area contributed by atoms with Gasteiger partial charge in [0, 0.05) is 17.3 Å². The molecule has 0 heterocycles. The highest BCUT2D eigenvalue weighted by Gasteiger charge is 2.07. The summed E-state index contributed by atoms with van der Waals surface area (Å²) in [5.41, 5.74) is 3.18. The first-order chi connectivity index (χ1) is 14.5. The predicted molar refractivity (Wildman–Crippen MR) is 118 cm³/mol. The van der Waals surface area contributed by atoms with Crippen LogP contribution in [0, 0.1) is 6.92 Å². The smallest absolute Gasteiger partial charge is 0.336 e. The van der Waals surface area contributed by atoms with Gasteiger partial charge in [0.25, 0.3) is 5.91 Å². The van der Waals surface area contributed by atoms with Gasteiger partial charge in [-0.1, -0.05) is 29.8 Å². The molecule has 0 radical (unpaired) electrons. The van der Waals surface area contributed by atoms with E-state index in [1.165, 1.54) is 6.08 Å². The van der Waals surface area contributed by atoms with E-state index in [0.29, 0.717) is 17.9 Å². The fourth-order valence-corrected chi connectivity index (χ4v) is 2.67. The largest absolute Gasteiger partial charge is 0.494 e. The number of hydrogen-bond donors (Lipinski definition) is 1. The number of rotatable bonds is 7. The van der Waals surface area contributed by atoms with Crippen molar-refractivity contribution in [3.05, 3.63) is 95.6 Å². The molecule has 0 unspecified atom stereocenters. The Bertz CT molecular complexity index is 1020. The average Bonchev–Trinajstić information content (AvgIpc) is 2.75. The Hall–Kier alpha value is -3.86. The van der Waals surface area contributed by atoms with Gasteiger partial charge in [0.15, 0.2) is 0 Å².